The molecule has 0 spiro atoms. The molecule has 0 radical (unpaired) electrons. The van der Waals surface area contributed by atoms with Crippen molar-refractivity contribution in [2.45, 2.75) is 0 Å². The third-order valence-corrected chi connectivity index (χ3v) is 2.88. The number of carboxylic acid groups (broad SMARTS) is 1. The molecule has 0 aliphatic heterocycles. The van der Waals surface area contributed by atoms with E-state index in [0.717, 1.165) is 6.08 Å². The molecule has 0 saturated heterocycles. The predicted octanol–water partition coefficient (Wildman–Crippen LogP) is 2.76. The summed E-state index contributed by atoms with van der Waals surface area (Å²) < 4.78 is 0. The van der Waals surface area contributed by atoms with Crippen LogP contribution in [-0.2, 0) is 9.59 Å². The summed E-state index contributed by atoms with van der Waals surface area (Å²) in [4.78, 5) is 21.6. The molecule has 4 nitrogen and oxygen atoms in total. The van der Waals surface area contributed by atoms with Crippen LogP contribution in [0.15, 0.2) is 36.4 Å². The highest BCUT2D eigenvalue weighted by molar-refractivity contribution is 6.42. The SMILES string of the molecule is O=C(O)/C=C/CNC(=O)/C=C/c1cccc(Cl)c1Cl. The van der Waals surface area contributed by atoms with E-state index >= 15 is 0 Å². The topological polar surface area (TPSA) is 66.4 Å². The average Bonchev–Trinajstić information content (AvgIpc) is 2.36. The second kappa shape index (κ2) is 7.61. The van der Waals surface area contributed by atoms with E-state index < -0.39 is 5.97 Å². The highest BCUT2D eigenvalue weighted by atomic mass is 35.5. The molecule has 0 atom stereocenters. The van der Waals surface area contributed by atoms with Crippen LogP contribution >= 0.6 is 23.2 Å². The van der Waals surface area contributed by atoms with Crippen LogP contribution in [0.2, 0.25) is 10.0 Å². The zero-order chi connectivity index (χ0) is 14.3. The lowest BCUT2D eigenvalue weighted by Crippen LogP contribution is -2.20. The fourth-order valence-corrected chi connectivity index (χ4v) is 1.56. The lowest BCUT2D eigenvalue weighted by Gasteiger charge is -2.00. The molecular weight excluding hydrogens is 289 g/mol. The third kappa shape index (κ3) is 5.59. The number of hydrogen-bond donors (Lipinski definition) is 2. The first kappa shape index (κ1) is 15.3. The number of halogens is 2. The first-order valence-corrected chi connectivity index (χ1v) is 6.05. The van der Waals surface area contributed by atoms with Crippen molar-refractivity contribution in [3.8, 4) is 0 Å². The lowest BCUT2D eigenvalue weighted by atomic mass is 10.2. The second-order valence-electron chi connectivity index (χ2n) is 3.46. The van der Waals surface area contributed by atoms with E-state index in [4.69, 9.17) is 28.3 Å². The molecule has 1 aromatic carbocycles. The molecule has 0 aliphatic rings. The van der Waals surface area contributed by atoms with Crippen molar-refractivity contribution >= 4 is 41.2 Å². The average molecular weight is 300 g/mol. The van der Waals surface area contributed by atoms with Crippen LogP contribution in [-0.4, -0.2) is 23.5 Å². The monoisotopic (exact) mass is 299 g/mol. The Morgan fingerprint density at radius 2 is 2.00 bits per heavy atom. The molecule has 0 heterocycles. The summed E-state index contributed by atoms with van der Waals surface area (Å²) in [5, 5.41) is 11.6. The number of carbonyl (C=O) groups excluding carboxylic acids is 1. The number of nitrogens with one attached hydrogen (secondary N) is 1. The number of rotatable bonds is 5. The highest BCUT2D eigenvalue weighted by Gasteiger charge is 2.01. The van der Waals surface area contributed by atoms with Gasteiger partial charge in [-0.05, 0) is 17.7 Å². The summed E-state index contributed by atoms with van der Waals surface area (Å²) in [6, 6.07) is 5.10. The number of hydrogen-bond acceptors (Lipinski definition) is 2. The minimum Gasteiger partial charge on any atom is -0.478 e. The van der Waals surface area contributed by atoms with Crippen LogP contribution < -0.4 is 5.32 Å². The molecule has 0 aliphatic carbocycles. The third-order valence-electron chi connectivity index (χ3n) is 2.05. The van der Waals surface area contributed by atoms with Gasteiger partial charge in [-0.25, -0.2) is 4.79 Å². The zero-order valence-corrected chi connectivity index (χ0v) is 11.3. The lowest BCUT2D eigenvalue weighted by molar-refractivity contribution is -0.131. The number of carbonyl (C=O) groups is 2. The van der Waals surface area contributed by atoms with Crippen LogP contribution in [0.4, 0.5) is 0 Å². The standard InChI is InChI=1S/C13H11Cl2NO3/c14-10-4-1-3-9(13(10)15)6-7-11(17)16-8-2-5-12(18)19/h1-7H,8H2,(H,16,17)(H,18,19)/b5-2+,7-6+. The van der Waals surface area contributed by atoms with E-state index in [-0.39, 0.29) is 12.5 Å². The van der Waals surface area contributed by atoms with Gasteiger partial charge >= 0.3 is 5.97 Å². The molecular formula is C13H11Cl2NO3. The van der Waals surface area contributed by atoms with Crippen molar-refractivity contribution in [3.63, 3.8) is 0 Å². The van der Waals surface area contributed by atoms with Crippen LogP contribution in [0.25, 0.3) is 6.08 Å². The molecule has 0 aromatic heterocycles. The number of aliphatic carboxylic acids is 1. The Bertz CT molecular complexity index is 539. The minimum absolute atomic E-state index is 0.138. The molecule has 1 rings (SSSR count). The normalized spacial score (nSPS) is 11.1. The van der Waals surface area contributed by atoms with E-state index in [1.54, 1.807) is 18.2 Å². The number of carboxylic acids is 1. The van der Waals surface area contributed by atoms with Crippen LogP contribution in [0.1, 0.15) is 5.56 Å². The van der Waals surface area contributed by atoms with Gasteiger partial charge in [-0.2, -0.15) is 0 Å². The van der Waals surface area contributed by atoms with Gasteiger partial charge in [0.1, 0.15) is 0 Å². The second-order valence-corrected chi connectivity index (χ2v) is 4.25. The van der Waals surface area contributed by atoms with E-state index in [1.807, 2.05) is 0 Å². The number of benzene rings is 1. The Kier molecular flexibility index (Phi) is 6.12. The van der Waals surface area contributed by atoms with Gasteiger partial charge in [-0.3, -0.25) is 4.79 Å². The van der Waals surface area contributed by atoms with E-state index in [9.17, 15) is 9.59 Å². The van der Waals surface area contributed by atoms with Crippen molar-refractivity contribution in [2.75, 3.05) is 6.54 Å². The fraction of sp³-hybridized carbons (Fsp3) is 0.0769. The molecule has 100 valence electrons. The van der Waals surface area contributed by atoms with Gasteiger partial charge in [0.2, 0.25) is 5.91 Å². The van der Waals surface area contributed by atoms with E-state index in [1.165, 1.54) is 18.2 Å². The predicted molar refractivity (Wildman–Crippen MR) is 75.3 cm³/mol. The van der Waals surface area contributed by atoms with Gasteiger partial charge < -0.3 is 10.4 Å². The van der Waals surface area contributed by atoms with Gasteiger partial charge in [0.15, 0.2) is 0 Å². The Hall–Kier alpha value is -1.78. The fourth-order valence-electron chi connectivity index (χ4n) is 1.19. The van der Waals surface area contributed by atoms with E-state index in [0.29, 0.717) is 15.6 Å². The van der Waals surface area contributed by atoms with Crippen molar-refractivity contribution in [1.29, 1.82) is 0 Å². The molecule has 19 heavy (non-hydrogen) atoms. The van der Waals surface area contributed by atoms with Gasteiger partial charge in [-0.15, -0.1) is 0 Å². The van der Waals surface area contributed by atoms with Gasteiger partial charge in [0.05, 0.1) is 10.0 Å². The minimum atomic E-state index is -1.06. The Morgan fingerprint density at radius 3 is 2.68 bits per heavy atom. The van der Waals surface area contributed by atoms with Crippen molar-refractivity contribution in [3.05, 3.63) is 52.0 Å². The summed E-state index contributed by atoms with van der Waals surface area (Å²) in [5.41, 5.74) is 0.630. The first-order valence-electron chi connectivity index (χ1n) is 5.30. The maximum Gasteiger partial charge on any atom is 0.328 e. The van der Waals surface area contributed by atoms with Crippen molar-refractivity contribution in [2.24, 2.45) is 0 Å². The molecule has 0 bridgehead atoms. The van der Waals surface area contributed by atoms with Crippen molar-refractivity contribution < 1.29 is 14.7 Å². The highest BCUT2D eigenvalue weighted by Crippen LogP contribution is 2.26. The van der Waals surface area contributed by atoms with E-state index in [2.05, 4.69) is 5.32 Å². The van der Waals surface area contributed by atoms with Crippen LogP contribution in [0.5, 0.6) is 0 Å². The molecule has 1 aromatic rings. The molecule has 1 amide bonds. The zero-order valence-electron chi connectivity index (χ0n) is 9.77. The largest absolute Gasteiger partial charge is 0.478 e. The summed E-state index contributed by atoms with van der Waals surface area (Å²) in [6.45, 7) is 0.138. The van der Waals surface area contributed by atoms with Crippen molar-refractivity contribution in [1.82, 2.24) is 5.32 Å². The number of amides is 1. The molecule has 0 fully saturated rings. The summed E-state index contributed by atoms with van der Waals surface area (Å²) in [5.74, 6) is -1.42. The molecule has 0 saturated carbocycles. The first-order chi connectivity index (χ1) is 9.00. The Morgan fingerprint density at radius 1 is 1.26 bits per heavy atom. The summed E-state index contributed by atoms with van der Waals surface area (Å²) in [7, 11) is 0. The van der Waals surface area contributed by atoms with Gasteiger partial charge in [-0.1, -0.05) is 41.4 Å². The molecule has 0 unspecified atom stereocenters. The smallest absolute Gasteiger partial charge is 0.328 e. The maximum atomic E-state index is 11.4. The quantitative estimate of drug-likeness (QED) is 0.822. The van der Waals surface area contributed by atoms with Gasteiger partial charge in [0.25, 0.3) is 0 Å². The summed E-state index contributed by atoms with van der Waals surface area (Å²) >= 11 is 11.8. The molecule has 6 heteroatoms. The summed E-state index contributed by atoms with van der Waals surface area (Å²) in [6.07, 6.45) is 5.12. The Labute approximate surface area is 120 Å². The van der Waals surface area contributed by atoms with Gasteiger partial charge in [0, 0.05) is 18.7 Å². The Balaban J connectivity index is 2.54. The van der Waals surface area contributed by atoms with Crippen LogP contribution in [0.3, 0.4) is 0 Å². The van der Waals surface area contributed by atoms with Crippen LogP contribution in [0, 0.1) is 0 Å². The maximum absolute atomic E-state index is 11.4. The molecule has 2 N–H and O–H groups in total.